The first kappa shape index (κ1) is 15.8. The van der Waals surface area contributed by atoms with Crippen LogP contribution in [0.3, 0.4) is 0 Å². The zero-order valence-electron chi connectivity index (χ0n) is 11.4. The van der Waals surface area contributed by atoms with Crippen LogP contribution in [-0.4, -0.2) is 48.3 Å². The molecule has 0 saturated carbocycles. The van der Waals surface area contributed by atoms with Crippen LogP contribution in [0.5, 0.6) is 0 Å². The fourth-order valence-corrected chi connectivity index (χ4v) is 2.91. The Morgan fingerprint density at radius 2 is 2.29 bits per heavy atom. The molecular weight excluding hydrogens is 300 g/mol. The van der Waals surface area contributed by atoms with Crippen molar-refractivity contribution in [2.45, 2.75) is 24.8 Å². The van der Waals surface area contributed by atoms with Gasteiger partial charge in [-0.2, -0.15) is 0 Å². The van der Waals surface area contributed by atoms with Crippen molar-refractivity contribution in [3.63, 3.8) is 0 Å². The number of rotatable bonds is 5. The molecule has 0 spiro atoms. The largest absolute Gasteiger partial charge is 0.348 e. The van der Waals surface area contributed by atoms with Crippen LogP contribution < -0.4 is 11.1 Å². The van der Waals surface area contributed by atoms with Crippen LogP contribution in [0.15, 0.2) is 17.5 Å². The van der Waals surface area contributed by atoms with E-state index in [0.717, 1.165) is 0 Å². The quantitative estimate of drug-likeness (QED) is 0.853. The van der Waals surface area contributed by atoms with Gasteiger partial charge in [-0.15, -0.1) is 11.3 Å². The van der Waals surface area contributed by atoms with Gasteiger partial charge in [0.15, 0.2) is 0 Å². The predicted molar refractivity (Wildman–Crippen MR) is 75.4 cm³/mol. The maximum absolute atomic E-state index is 13.1. The van der Waals surface area contributed by atoms with Crippen molar-refractivity contribution in [3.8, 4) is 0 Å². The number of nitrogens with two attached hydrogens (primary N) is 1. The summed E-state index contributed by atoms with van der Waals surface area (Å²) in [6.07, 6.45) is 1.17. The topological polar surface area (TPSA) is 75.4 Å². The third-order valence-electron chi connectivity index (χ3n) is 3.37. The van der Waals surface area contributed by atoms with Crippen LogP contribution in [0.4, 0.5) is 8.78 Å². The van der Waals surface area contributed by atoms with Crippen LogP contribution in [0.25, 0.3) is 0 Å². The van der Waals surface area contributed by atoms with Crippen LogP contribution in [0, 0.1) is 0 Å². The van der Waals surface area contributed by atoms with Gasteiger partial charge in [0.2, 0.25) is 5.91 Å². The molecule has 0 bridgehead atoms. The summed E-state index contributed by atoms with van der Waals surface area (Å²) in [7, 11) is 0. The summed E-state index contributed by atoms with van der Waals surface area (Å²) in [5, 5.41) is 3.96. The summed E-state index contributed by atoms with van der Waals surface area (Å²) in [6, 6.07) is 2.75. The summed E-state index contributed by atoms with van der Waals surface area (Å²) < 4.78 is 26.1. The van der Waals surface area contributed by atoms with Crippen molar-refractivity contribution >= 4 is 23.2 Å². The van der Waals surface area contributed by atoms with E-state index in [1.165, 1.54) is 16.2 Å². The lowest BCUT2D eigenvalue weighted by molar-refractivity contribution is -0.126. The Morgan fingerprint density at radius 1 is 1.52 bits per heavy atom. The molecule has 1 unspecified atom stereocenters. The van der Waals surface area contributed by atoms with Crippen LogP contribution in [0.1, 0.15) is 22.5 Å². The first-order chi connectivity index (χ1) is 9.94. The Hall–Kier alpha value is -1.54. The molecule has 1 aromatic rings. The van der Waals surface area contributed by atoms with E-state index in [4.69, 9.17) is 5.73 Å². The fraction of sp³-hybridized carbons (Fsp3) is 0.538. The molecule has 1 atom stereocenters. The molecule has 1 aliphatic rings. The third kappa shape index (κ3) is 3.76. The molecule has 1 aromatic heterocycles. The number of thiophene rings is 1. The number of halogens is 2. The van der Waals surface area contributed by atoms with Crippen molar-refractivity contribution in [3.05, 3.63) is 22.4 Å². The maximum Gasteiger partial charge on any atom is 0.277 e. The van der Waals surface area contributed by atoms with Gasteiger partial charge in [-0.3, -0.25) is 9.59 Å². The molecule has 0 aliphatic carbocycles. The molecule has 8 heteroatoms. The summed E-state index contributed by atoms with van der Waals surface area (Å²) in [5.41, 5.74) is 4.92. The monoisotopic (exact) mass is 317 g/mol. The van der Waals surface area contributed by atoms with E-state index in [1.807, 2.05) is 0 Å². The van der Waals surface area contributed by atoms with Gasteiger partial charge in [0, 0.05) is 6.54 Å². The van der Waals surface area contributed by atoms with E-state index in [1.54, 1.807) is 17.5 Å². The number of likely N-dealkylation sites (tertiary alicyclic amines) is 1. The van der Waals surface area contributed by atoms with Gasteiger partial charge in [-0.25, -0.2) is 8.78 Å². The second-order valence-corrected chi connectivity index (χ2v) is 5.86. The standard InChI is InChI=1S/C13H17F2N3O2S/c14-13(15,7-16)8-17-11(19)9-3-1-5-18(9)12(20)10-4-2-6-21-10/h2,4,6,9H,1,3,5,7-8,16H2,(H,17,19). The van der Waals surface area contributed by atoms with E-state index in [2.05, 4.69) is 5.32 Å². The molecule has 2 heterocycles. The fourth-order valence-electron chi connectivity index (χ4n) is 2.23. The van der Waals surface area contributed by atoms with E-state index >= 15 is 0 Å². The van der Waals surface area contributed by atoms with Gasteiger partial charge in [-0.05, 0) is 24.3 Å². The van der Waals surface area contributed by atoms with E-state index in [0.29, 0.717) is 24.3 Å². The van der Waals surface area contributed by atoms with Gasteiger partial charge >= 0.3 is 0 Å². The third-order valence-corrected chi connectivity index (χ3v) is 4.23. The van der Waals surface area contributed by atoms with Crippen LogP contribution >= 0.6 is 11.3 Å². The van der Waals surface area contributed by atoms with Crippen molar-refractivity contribution in [2.24, 2.45) is 5.73 Å². The minimum absolute atomic E-state index is 0.228. The minimum atomic E-state index is -3.13. The number of hydrogen-bond donors (Lipinski definition) is 2. The number of hydrogen-bond acceptors (Lipinski definition) is 4. The average Bonchev–Trinajstić information content (AvgIpc) is 3.14. The predicted octanol–water partition coefficient (Wildman–Crippen LogP) is 1.06. The first-order valence-electron chi connectivity index (χ1n) is 6.65. The van der Waals surface area contributed by atoms with Gasteiger partial charge < -0.3 is 16.0 Å². The number of nitrogens with zero attached hydrogens (tertiary/aromatic N) is 1. The highest BCUT2D eigenvalue weighted by atomic mass is 32.1. The molecule has 116 valence electrons. The highest BCUT2D eigenvalue weighted by molar-refractivity contribution is 7.12. The number of alkyl halides is 2. The van der Waals surface area contributed by atoms with Crippen molar-refractivity contribution in [1.29, 1.82) is 0 Å². The number of carbonyl (C=O) groups excluding carboxylic acids is 2. The number of amides is 2. The van der Waals surface area contributed by atoms with Gasteiger partial charge in [0.05, 0.1) is 18.0 Å². The molecule has 3 N–H and O–H groups in total. The zero-order chi connectivity index (χ0) is 15.5. The SMILES string of the molecule is NCC(F)(F)CNC(=O)C1CCCN1C(=O)c1cccs1. The number of carbonyl (C=O) groups is 2. The molecule has 1 fully saturated rings. The Morgan fingerprint density at radius 3 is 2.90 bits per heavy atom. The summed E-state index contributed by atoms with van der Waals surface area (Å²) in [4.78, 5) is 26.3. The van der Waals surface area contributed by atoms with Gasteiger partial charge in [0.1, 0.15) is 6.04 Å². The molecule has 0 aromatic carbocycles. The Kier molecular flexibility index (Phi) is 4.89. The highest BCUT2D eigenvalue weighted by Gasteiger charge is 2.36. The van der Waals surface area contributed by atoms with Crippen molar-refractivity contribution < 1.29 is 18.4 Å². The summed E-state index contributed by atoms with van der Waals surface area (Å²) >= 11 is 1.29. The molecule has 21 heavy (non-hydrogen) atoms. The molecule has 1 saturated heterocycles. The first-order valence-corrected chi connectivity index (χ1v) is 7.52. The molecule has 5 nitrogen and oxygen atoms in total. The maximum atomic E-state index is 13.1. The molecular formula is C13H17F2N3O2S. The number of nitrogens with one attached hydrogen (secondary N) is 1. The second kappa shape index (κ2) is 6.48. The summed E-state index contributed by atoms with van der Waals surface area (Å²) in [5.74, 6) is -3.91. The smallest absolute Gasteiger partial charge is 0.277 e. The molecule has 0 radical (unpaired) electrons. The second-order valence-electron chi connectivity index (χ2n) is 4.91. The highest BCUT2D eigenvalue weighted by Crippen LogP contribution is 2.22. The lowest BCUT2D eigenvalue weighted by Gasteiger charge is -2.24. The van der Waals surface area contributed by atoms with Crippen LogP contribution in [0.2, 0.25) is 0 Å². The Balaban J connectivity index is 1.98. The Bertz CT molecular complexity index is 508. The van der Waals surface area contributed by atoms with E-state index < -0.39 is 31.0 Å². The lowest BCUT2D eigenvalue weighted by atomic mass is 10.2. The van der Waals surface area contributed by atoms with Gasteiger partial charge in [-0.1, -0.05) is 6.07 Å². The van der Waals surface area contributed by atoms with E-state index in [-0.39, 0.29) is 5.91 Å². The van der Waals surface area contributed by atoms with Crippen molar-refractivity contribution in [1.82, 2.24) is 10.2 Å². The van der Waals surface area contributed by atoms with Crippen LogP contribution in [-0.2, 0) is 4.79 Å². The normalized spacial score (nSPS) is 18.8. The summed E-state index contributed by atoms with van der Waals surface area (Å²) in [6.45, 7) is -1.17. The zero-order valence-corrected chi connectivity index (χ0v) is 12.2. The lowest BCUT2D eigenvalue weighted by Crippen LogP contribution is -2.49. The molecule has 1 aliphatic heterocycles. The average molecular weight is 317 g/mol. The molecule has 2 rings (SSSR count). The van der Waals surface area contributed by atoms with Crippen molar-refractivity contribution in [2.75, 3.05) is 19.6 Å². The molecule has 2 amide bonds. The van der Waals surface area contributed by atoms with Gasteiger partial charge in [0.25, 0.3) is 11.8 Å². The Labute approximate surface area is 125 Å². The van der Waals surface area contributed by atoms with E-state index in [9.17, 15) is 18.4 Å². The minimum Gasteiger partial charge on any atom is -0.348 e.